The van der Waals surface area contributed by atoms with Crippen molar-refractivity contribution in [2.24, 2.45) is 0 Å². The van der Waals surface area contributed by atoms with Crippen molar-refractivity contribution in [3.63, 3.8) is 0 Å². The van der Waals surface area contributed by atoms with Crippen molar-refractivity contribution in [1.82, 2.24) is 25.0 Å². The number of carboxylic acid groups (broad SMARTS) is 1. The van der Waals surface area contributed by atoms with Crippen molar-refractivity contribution in [3.8, 4) is 0 Å². The van der Waals surface area contributed by atoms with E-state index in [1.54, 1.807) is 6.92 Å². The number of para-hydroxylation sites is 1. The monoisotopic (exact) mass is 284 g/mol. The minimum absolute atomic E-state index is 0.0799. The molecule has 1 aromatic carbocycles. The number of carboxylic acids is 1. The van der Waals surface area contributed by atoms with E-state index >= 15 is 0 Å². The summed E-state index contributed by atoms with van der Waals surface area (Å²) in [5.41, 5.74) is 7.01. The largest absolute Gasteiger partial charge is 0.476 e. The van der Waals surface area contributed by atoms with Crippen LogP contribution in [0, 0.1) is 6.92 Å². The molecule has 8 nitrogen and oxygen atoms in total. The van der Waals surface area contributed by atoms with Crippen LogP contribution in [0.4, 0.5) is 5.82 Å². The molecule has 2 aromatic heterocycles. The maximum Gasteiger partial charge on any atom is 0.358 e. The number of hydrogen-bond acceptors (Lipinski definition) is 6. The molecule has 0 saturated heterocycles. The van der Waals surface area contributed by atoms with Gasteiger partial charge >= 0.3 is 5.97 Å². The molecular weight excluding hydrogens is 272 g/mol. The lowest BCUT2D eigenvalue weighted by Crippen LogP contribution is -2.10. The molecule has 21 heavy (non-hydrogen) atoms. The number of carbonyl (C=O) groups is 1. The number of nitrogens with zero attached hydrogens (tertiary/aromatic N) is 5. The van der Waals surface area contributed by atoms with Gasteiger partial charge in [-0.05, 0) is 19.1 Å². The molecule has 0 bridgehead atoms. The fourth-order valence-corrected chi connectivity index (χ4v) is 2.06. The number of aromatic carboxylic acids is 1. The molecule has 0 saturated carbocycles. The molecule has 0 spiro atoms. The van der Waals surface area contributed by atoms with Crippen LogP contribution in [0.25, 0.3) is 10.9 Å². The molecule has 0 amide bonds. The van der Waals surface area contributed by atoms with E-state index < -0.39 is 5.97 Å². The second-order valence-electron chi connectivity index (χ2n) is 4.53. The summed E-state index contributed by atoms with van der Waals surface area (Å²) in [5.74, 6) is -0.277. The summed E-state index contributed by atoms with van der Waals surface area (Å²) in [6.45, 7) is 1.84. The van der Waals surface area contributed by atoms with Gasteiger partial charge in [0, 0.05) is 5.39 Å². The first kappa shape index (κ1) is 13.0. The Hall–Kier alpha value is -3.03. The lowest BCUT2D eigenvalue weighted by Gasteiger charge is -2.06. The van der Waals surface area contributed by atoms with E-state index in [0.29, 0.717) is 17.3 Å². The lowest BCUT2D eigenvalue weighted by atomic mass is 10.2. The third-order valence-corrected chi connectivity index (χ3v) is 3.16. The van der Waals surface area contributed by atoms with E-state index in [0.717, 1.165) is 10.9 Å². The van der Waals surface area contributed by atoms with Crippen molar-refractivity contribution in [2.75, 3.05) is 5.73 Å². The van der Waals surface area contributed by atoms with Crippen LogP contribution >= 0.6 is 0 Å². The van der Waals surface area contributed by atoms with Gasteiger partial charge in [-0.15, -0.1) is 5.10 Å². The number of aromatic nitrogens is 5. The topological polar surface area (TPSA) is 120 Å². The zero-order valence-electron chi connectivity index (χ0n) is 11.2. The van der Waals surface area contributed by atoms with Crippen molar-refractivity contribution < 1.29 is 9.90 Å². The Morgan fingerprint density at radius 1 is 1.33 bits per heavy atom. The van der Waals surface area contributed by atoms with Crippen LogP contribution < -0.4 is 5.73 Å². The van der Waals surface area contributed by atoms with Crippen LogP contribution in [-0.4, -0.2) is 36.0 Å². The van der Waals surface area contributed by atoms with Gasteiger partial charge in [0.25, 0.3) is 0 Å². The molecule has 106 valence electrons. The van der Waals surface area contributed by atoms with Crippen molar-refractivity contribution in [2.45, 2.75) is 13.5 Å². The van der Waals surface area contributed by atoms with E-state index in [1.807, 2.05) is 24.3 Å². The van der Waals surface area contributed by atoms with Crippen LogP contribution in [0.15, 0.2) is 24.3 Å². The molecule has 0 aliphatic rings. The lowest BCUT2D eigenvalue weighted by molar-refractivity contribution is 0.0689. The van der Waals surface area contributed by atoms with E-state index in [4.69, 9.17) is 10.8 Å². The van der Waals surface area contributed by atoms with Crippen LogP contribution in [-0.2, 0) is 6.54 Å². The Morgan fingerprint density at radius 3 is 2.81 bits per heavy atom. The van der Waals surface area contributed by atoms with Gasteiger partial charge in [-0.2, -0.15) is 0 Å². The number of nitrogen functional groups attached to an aromatic ring is 1. The van der Waals surface area contributed by atoms with Crippen LogP contribution in [0.3, 0.4) is 0 Å². The highest BCUT2D eigenvalue weighted by Gasteiger charge is 2.16. The van der Waals surface area contributed by atoms with Crippen LogP contribution in [0.1, 0.15) is 22.0 Å². The minimum atomic E-state index is -1.11. The first-order valence-corrected chi connectivity index (χ1v) is 6.21. The van der Waals surface area contributed by atoms with Gasteiger partial charge in [-0.1, -0.05) is 17.3 Å². The van der Waals surface area contributed by atoms with Crippen LogP contribution in [0.5, 0.6) is 0 Å². The summed E-state index contributed by atoms with van der Waals surface area (Å²) < 4.78 is 1.44. The molecule has 3 rings (SSSR count). The molecule has 0 fully saturated rings. The van der Waals surface area contributed by atoms with Crippen LogP contribution in [0.2, 0.25) is 0 Å². The Balaban J connectivity index is 2.00. The Bertz CT molecular complexity index is 842. The molecular formula is C13H12N6O2. The predicted octanol–water partition coefficient (Wildman–Crippen LogP) is 0.858. The molecule has 3 aromatic rings. The van der Waals surface area contributed by atoms with Gasteiger partial charge in [0.2, 0.25) is 0 Å². The molecule has 8 heteroatoms. The Labute approximate surface area is 119 Å². The Morgan fingerprint density at radius 2 is 2.10 bits per heavy atom. The van der Waals surface area contributed by atoms with E-state index in [1.165, 1.54) is 4.68 Å². The molecule has 3 N–H and O–H groups in total. The fraction of sp³-hybridized carbons (Fsp3) is 0.154. The Kier molecular flexibility index (Phi) is 2.98. The SMILES string of the molecule is Cc1c(C(=O)O)nnn1Cc1nc(N)c2ccccc2n1. The predicted molar refractivity (Wildman–Crippen MR) is 74.8 cm³/mol. The maximum absolute atomic E-state index is 10.9. The average Bonchev–Trinajstić information content (AvgIpc) is 2.80. The summed E-state index contributed by atoms with van der Waals surface area (Å²) in [5, 5.41) is 17.2. The standard InChI is InChI=1S/C13H12N6O2/c1-7-11(13(20)21)17-18-19(7)6-10-15-9-5-3-2-4-8(9)12(14)16-10/h2-5H,6H2,1H3,(H,20,21)(H2,14,15,16). The van der Waals surface area contributed by atoms with Gasteiger partial charge in [0.1, 0.15) is 12.4 Å². The highest BCUT2D eigenvalue weighted by Crippen LogP contribution is 2.17. The molecule has 0 atom stereocenters. The van der Waals surface area contributed by atoms with Crippen molar-refractivity contribution in [3.05, 3.63) is 41.5 Å². The summed E-state index contributed by atoms with van der Waals surface area (Å²) in [6, 6.07) is 7.41. The first-order chi connectivity index (χ1) is 10.1. The van der Waals surface area contributed by atoms with Gasteiger partial charge in [-0.25, -0.2) is 19.4 Å². The zero-order valence-corrected chi connectivity index (χ0v) is 11.2. The number of rotatable bonds is 3. The smallest absolute Gasteiger partial charge is 0.358 e. The third-order valence-electron chi connectivity index (χ3n) is 3.16. The quantitative estimate of drug-likeness (QED) is 0.731. The minimum Gasteiger partial charge on any atom is -0.476 e. The summed E-state index contributed by atoms with van der Waals surface area (Å²) in [6.07, 6.45) is 0. The fourth-order valence-electron chi connectivity index (χ4n) is 2.06. The van der Waals surface area contributed by atoms with Crippen molar-refractivity contribution >= 4 is 22.7 Å². The normalized spacial score (nSPS) is 10.9. The van der Waals surface area contributed by atoms with Gasteiger partial charge < -0.3 is 10.8 Å². The second-order valence-corrected chi connectivity index (χ2v) is 4.53. The zero-order chi connectivity index (χ0) is 15.0. The summed E-state index contributed by atoms with van der Waals surface area (Å²) in [4.78, 5) is 19.6. The van der Waals surface area contributed by atoms with E-state index in [9.17, 15) is 4.79 Å². The molecule has 2 heterocycles. The maximum atomic E-state index is 10.9. The number of anilines is 1. The molecule has 0 aliphatic carbocycles. The van der Waals surface area contributed by atoms with Crippen molar-refractivity contribution in [1.29, 1.82) is 0 Å². The second kappa shape index (κ2) is 4.82. The number of benzene rings is 1. The molecule has 0 aliphatic heterocycles. The van der Waals surface area contributed by atoms with Gasteiger partial charge in [0.05, 0.1) is 11.2 Å². The summed E-state index contributed by atoms with van der Waals surface area (Å²) >= 11 is 0. The third kappa shape index (κ3) is 2.27. The van der Waals surface area contributed by atoms with E-state index in [2.05, 4.69) is 20.3 Å². The highest BCUT2D eigenvalue weighted by atomic mass is 16.4. The van der Waals surface area contributed by atoms with Gasteiger partial charge in [0.15, 0.2) is 11.5 Å². The number of nitrogens with two attached hydrogens (primary N) is 1. The molecule has 0 radical (unpaired) electrons. The molecule has 0 unspecified atom stereocenters. The van der Waals surface area contributed by atoms with Gasteiger partial charge in [-0.3, -0.25) is 0 Å². The average molecular weight is 284 g/mol. The van der Waals surface area contributed by atoms with E-state index in [-0.39, 0.29) is 12.2 Å². The number of fused-ring (bicyclic) bond motifs is 1. The first-order valence-electron chi connectivity index (χ1n) is 6.21. The summed E-state index contributed by atoms with van der Waals surface area (Å²) in [7, 11) is 0. The highest BCUT2D eigenvalue weighted by molar-refractivity contribution is 5.88. The number of hydrogen-bond donors (Lipinski definition) is 2.